The Labute approximate surface area is 118 Å². The van der Waals surface area contributed by atoms with Crippen LogP contribution >= 0.6 is 11.6 Å². The van der Waals surface area contributed by atoms with Crippen molar-refractivity contribution in [2.24, 2.45) is 0 Å². The van der Waals surface area contributed by atoms with Crippen LogP contribution in [0.3, 0.4) is 0 Å². The molecule has 0 amide bonds. The topological polar surface area (TPSA) is 41.9 Å². The zero-order chi connectivity index (χ0) is 13.7. The number of hydrogen-bond donors (Lipinski definition) is 1. The first-order chi connectivity index (χ1) is 9.20. The van der Waals surface area contributed by atoms with Crippen LogP contribution in [-0.4, -0.2) is 37.0 Å². The molecule has 2 rings (SSSR count). The van der Waals surface area contributed by atoms with Crippen molar-refractivity contribution in [3.8, 4) is 11.5 Å². The van der Waals surface area contributed by atoms with E-state index in [0.717, 1.165) is 43.7 Å². The summed E-state index contributed by atoms with van der Waals surface area (Å²) in [5.41, 5.74) is 1.12. The van der Waals surface area contributed by atoms with Crippen molar-refractivity contribution in [1.82, 2.24) is 4.90 Å². The average Bonchev–Trinajstić information content (AvgIpc) is 2.83. The third kappa shape index (κ3) is 4.00. The van der Waals surface area contributed by atoms with Crippen LogP contribution in [0, 0.1) is 0 Å². The Hall–Kier alpha value is -0.970. The first kappa shape index (κ1) is 14.4. The Bertz CT molecular complexity index is 425. The summed E-state index contributed by atoms with van der Waals surface area (Å²) in [6.45, 7) is 2.36. The van der Waals surface area contributed by atoms with Crippen LogP contribution in [0.4, 0.5) is 0 Å². The molecule has 1 aromatic rings. The van der Waals surface area contributed by atoms with Crippen molar-refractivity contribution in [3.63, 3.8) is 0 Å². The second-order valence-corrected chi connectivity index (χ2v) is 5.24. The van der Waals surface area contributed by atoms with Gasteiger partial charge in [-0.2, -0.15) is 0 Å². The first-order valence-corrected chi connectivity index (χ1v) is 6.96. The Morgan fingerprint density at radius 3 is 2.89 bits per heavy atom. The van der Waals surface area contributed by atoms with Gasteiger partial charge in [0.15, 0.2) is 11.5 Å². The fourth-order valence-electron chi connectivity index (χ4n) is 2.17. The van der Waals surface area contributed by atoms with Crippen LogP contribution in [0.2, 0.25) is 5.02 Å². The lowest BCUT2D eigenvalue weighted by molar-refractivity contribution is 0.174. The number of fused-ring (bicyclic) bond motifs is 1. The summed E-state index contributed by atoms with van der Waals surface area (Å²) in [6, 6.07) is 3.91. The third-order valence-electron chi connectivity index (χ3n) is 3.14. The Morgan fingerprint density at radius 2 is 2.11 bits per heavy atom. The molecule has 0 spiro atoms. The summed E-state index contributed by atoms with van der Waals surface area (Å²) in [5, 5.41) is 9.34. The predicted molar refractivity (Wildman–Crippen MR) is 74.8 cm³/mol. The molecule has 5 heteroatoms. The van der Waals surface area contributed by atoms with Gasteiger partial charge < -0.3 is 19.5 Å². The number of hydrogen-bond acceptors (Lipinski definition) is 4. The second-order valence-electron chi connectivity index (χ2n) is 4.83. The third-order valence-corrected chi connectivity index (χ3v) is 3.42. The van der Waals surface area contributed by atoms with E-state index in [1.807, 2.05) is 12.1 Å². The Balaban J connectivity index is 1.87. The summed E-state index contributed by atoms with van der Waals surface area (Å²) in [4.78, 5) is 2.24. The van der Waals surface area contributed by atoms with Gasteiger partial charge in [-0.05, 0) is 50.6 Å². The quantitative estimate of drug-likeness (QED) is 0.782. The molecule has 0 fully saturated rings. The SMILES string of the molecule is CN(CCCCCO)Cc1cc(Cl)c2c(c1)OCO2. The average molecular weight is 286 g/mol. The minimum absolute atomic E-state index is 0.246. The zero-order valence-electron chi connectivity index (χ0n) is 11.2. The summed E-state index contributed by atoms with van der Waals surface area (Å²) >= 11 is 6.15. The summed E-state index contributed by atoms with van der Waals surface area (Å²) in [6.07, 6.45) is 3.03. The molecular formula is C14H20ClNO3. The normalized spacial score (nSPS) is 13.3. The van der Waals surface area contributed by atoms with Crippen molar-refractivity contribution in [2.45, 2.75) is 25.8 Å². The van der Waals surface area contributed by atoms with E-state index in [9.17, 15) is 0 Å². The summed E-state index contributed by atoms with van der Waals surface area (Å²) in [7, 11) is 2.08. The molecule has 0 bridgehead atoms. The number of rotatable bonds is 7. The molecule has 0 saturated carbocycles. The molecular weight excluding hydrogens is 266 g/mol. The maximum atomic E-state index is 8.73. The molecule has 1 aliphatic rings. The van der Waals surface area contributed by atoms with Gasteiger partial charge >= 0.3 is 0 Å². The molecule has 1 N–H and O–H groups in total. The van der Waals surface area contributed by atoms with Crippen LogP contribution in [0.1, 0.15) is 24.8 Å². The molecule has 1 heterocycles. The van der Waals surface area contributed by atoms with E-state index >= 15 is 0 Å². The lowest BCUT2D eigenvalue weighted by Gasteiger charge is -2.17. The molecule has 0 atom stereocenters. The van der Waals surface area contributed by atoms with Gasteiger partial charge in [0, 0.05) is 13.2 Å². The molecule has 0 aromatic heterocycles. The van der Waals surface area contributed by atoms with Crippen LogP contribution in [-0.2, 0) is 6.54 Å². The van der Waals surface area contributed by atoms with E-state index in [4.69, 9.17) is 26.2 Å². The van der Waals surface area contributed by atoms with Gasteiger partial charge in [-0.3, -0.25) is 0 Å². The van der Waals surface area contributed by atoms with E-state index in [2.05, 4.69) is 11.9 Å². The van der Waals surface area contributed by atoms with E-state index in [0.29, 0.717) is 10.8 Å². The Kier molecular flexibility index (Phi) is 5.31. The molecule has 1 aromatic carbocycles. The number of benzene rings is 1. The van der Waals surface area contributed by atoms with Gasteiger partial charge in [0.25, 0.3) is 0 Å². The molecule has 19 heavy (non-hydrogen) atoms. The lowest BCUT2D eigenvalue weighted by Crippen LogP contribution is -2.19. The highest BCUT2D eigenvalue weighted by Crippen LogP contribution is 2.39. The molecule has 106 valence electrons. The zero-order valence-corrected chi connectivity index (χ0v) is 11.9. The van der Waals surface area contributed by atoms with Crippen molar-refractivity contribution in [3.05, 3.63) is 22.7 Å². The standard InChI is InChI=1S/C14H20ClNO3/c1-16(5-3-2-4-6-17)9-11-7-12(15)14-13(8-11)18-10-19-14/h7-8,17H,2-6,9-10H2,1H3. The molecule has 0 radical (unpaired) electrons. The second kappa shape index (κ2) is 6.98. The van der Waals surface area contributed by atoms with Crippen molar-refractivity contribution >= 4 is 11.6 Å². The monoisotopic (exact) mass is 285 g/mol. The largest absolute Gasteiger partial charge is 0.454 e. The van der Waals surface area contributed by atoms with Crippen LogP contribution in [0.15, 0.2) is 12.1 Å². The Morgan fingerprint density at radius 1 is 1.26 bits per heavy atom. The minimum atomic E-state index is 0.246. The van der Waals surface area contributed by atoms with Crippen LogP contribution in [0.25, 0.3) is 0 Å². The van der Waals surface area contributed by atoms with Crippen LogP contribution < -0.4 is 9.47 Å². The maximum Gasteiger partial charge on any atom is 0.231 e. The highest BCUT2D eigenvalue weighted by molar-refractivity contribution is 6.32. The van der Waals surface area contributed by atoms with Gasteiger partial charge in [0.1, 0.15) is 0 Å². The number of unbranched alkanes of at least 4 members (excludes halogenated alkanes) is 2. The number of aliphatic hydroxyl groups excluding tert-OH is 1. The van der Waals surface area contributed by atoms with Crippen molar-refractivity contribution in [1.29, 1.82) is 0 Å². The highest BCUT2D eigenvalue weighted by atomic mass is 35.5. The fourth-order valence-corrected chi connectivity index (χ4v) is 2.46. The molecule has 0 aliphatic carbocycles. The lowest BCUT2D eigenvalue weighted by atomic mass is 10.1. The number of nitrogens with zero attached hydrogens (tertiary/aromatic N) is 1. The van der Waals surface area contributed by atoms with Crippen LogP contribution in [0.5, 0.6) is 11.5 Å². The van der Waals surface area contributed by atoms with E-state index in [-0.39, 0.29) is 13.4 Å². The van der Waals surface area contributed by atoms with Crippen molar-refractivity contribution in [2.75, 3.05) is 27.0 Å². The minimum Gasteiger partial charge on any atom is -0.454 e. The van der Waals surface area contributed by atoms with Gasteiger partial charge in [0.2, 0.25) is 6.79 Å². The van der Waals surface area contributed by atoms with E-state index in [1.54, 1.807) is 0 Å². The molecule has 0 saturated heterocycles. The van der Waals surface area contributed by atoms with E-state index < -0.39 is 0 Å². The number of aliphatic hydroxyl groups is 1. The van der Waals surface area contributed by atoms with Gasteiger partial charge in [-0.15, -0.1) is 0 Å². The number of halogens is 1. The fraction of sp³-hybridized carbons (Fsp3) is 0.571. The van der Waals surface area contributed by atoms with Gasteiger partial charge in [-0.1, -0.05) is 11.6 Å². The summed E-state index contributed by atoms with van der Waals surface area (Å²) in [5.74, 6) is 1.38. The molecule has 1 aliphatic heterocycles. The predicted octanol–water partition coefficient (Wildman–Crippen LogP) is 2.66. The van der Waals surface area contributed by atoms with Gasteiger partial charge in [-0.25, -0.2) is 0 Å². The first-order valence-electron chi connectivity index (χ1n) is 6.58. The molecule has 4 nitrogen and oxygen atoms in total. The van der Waals surface area contributed by atoms with E-state index in [1.165, 1.54) is 0 Å². The number of ether oxygens (including phenoxy) is 2. The molecule has 0 unspecified atom stereocenters. The summed E-state index contributed by atoms with van der Waals surface area (Å²) < 4.78 is 10.7. The highest BCUT2D eigenvalue weighted by Gasteiger charge is 2.18. The maximum absolute atomic E-state index is 8.73. The smallest absolute Gasteiger partial charge is 0.231 e. The van der Waals surface area contributed by atoms with Crippen molar-refractivity contribution < 1.29 is 14.6 Å². The van der Waals surface area contributed by atoms with Gasteiger partial charge in [0.05, 0.1) is 5.02 Å².